The van der Waals surface area contributed by atoms with Crippen LogP contribution in [0, 0.1) is 11.8 Å². The molecule has 0 aromatic heterocycles. The Labute approximate surface area is 225 Å². The second-order valence-electron chi connectivity index (χ2n) is 10.3. The van der Waals surface area contributed by atoms with E-state index >= 15 is 0 Å². The molecule has 34 heavy (non-hydrogen) atoms. The van der Waals surface area contributed by atoms with Gasteiger partial charge in [0.05, 0.1) is 0 Å². The van der Waals surface area contributed by atoms with E-state index in [1.807, 2.05) is 3.21 Å². The van der Waals surface area contributed by atoms with Crippen LogP contribution in [0.4, 0.5) is 0 Å². The van der Waals surface area contributed by atoms with E-state index in [0.29, 0.717) is 0 Å². The number of benzene rings is 3. The van der Waals surface area contributed by atoms with Crippen LogP contribution < -0.4 is 28.1 Å². The van der Waals surface area contributed by atoms with Gasteiger partial charge in [0.1, 0.15) is 0 Å². The molecule has 3 heteroatoms. The van der Waals surface area contributed by atoms with Crippen LogP contribution in [-0.4, -0.2) is 3.21 Å². The van der Waals surface area contributed by atoms with Gasteiger partial charge in [0.15, 0.2) is 0 Å². The molecule has 3 aromatic rings. The fourth-order valence-electron chi connectivity index (χ4n) is 5.72. The zero-order valence-electron chi connectivity index (χ0n) is 20.7. The predicted octanol–water partition coefficient (Wildman–Crippen LogP) is 1.77. The van der Waals surface area contributed by atoms with Crippen LogP contribution in [0.25, 0.3) is 21.9 Å². The van der Waals surface area contributed by atoms with Crippen molar-refractivity contribution in [1.29, 1.82) is 0 Å². The summed E-state index contributed by atoms with van der Waals surface area (Å²) in [5.41, 5.74) is 5.98. The summed E-state index contributed by atoms with van der Waals surface area (Å²) in [7, 11) is 0. The maximum atomic E-state index is 2.51. The Balaban J connectivity index is 0.00000162. The molecule has 0 spiro atoms. The van der Waals surface area contributed by atoms with Gasteiger partial charge in [-0.1, -0.05) is 0 Å². The van der Waals surface area contributed by atoms with Crippen LogP contribution in [0.2, 0.25) is 0 Å². The molecule has 5 rings (SSSR count). The van der Waals surface area contributed by atoms with E-state index in [0.717, 1.165) is 18.3 Å². The summed E-state index contributed by atoms with van der Waals surface area (Å²) >= 11 is -2.21. The van der Waals surface area contributed by atoms with Crippen molar-refractivity contribution in [3.05, 3.63) is 87.2 Å². The first-order chi connectivity index (χ1) is 15.5. The summed E-state index contributed by atoms with van der Waals surface area (Å²) in [6, 6.07) is 21.0. The van der Waals surface area contributed by atoms with Crippen LogP contribution in [0.3, 0.4) is 0 Å². The molecule has 0 saturated carbocycles. The summed E-state index contributed by atoms with van der Waals surface area (Å²) in [4.78, 5) is 0. The number of allylic oxidation sites excluding steroid dienone is 4. The monoisotopic (exact) mass is 566 g/mol. The van der Waals surface area contributed by atoms with E-state index in [1.165, 1.54) is 41.3 Å². The normalized spacial score (nSPS) is 13.1. The molecular formula is C31H34Cl2Zr. The third-order valence-electron chi connectivity index (χ3n) is 6.85. The van der Waals surface area contributed by atoms with Crippen molar-refractivity contribution >= 4 is 17.2 Å². The van der Waals surface area contributed by atoms with E-state index in [9.17, 15) is 0 Å². The van der Waals surface area contributed by atoms with Crippen molar-refractivity contribution in [2.75, 3.05) is 0 Å². The van der Waals surface area contributed by atoms with E-state index in [1.54, 1.807) is 17.5 Å². The maximum Gasteiger partial charge on any atom is -1.00 e. The molecule has 2 aliphatic carbocycles. The number of hydrogen-bond donors (Lipinski definition) is 0. The molecule has 176 valence electrons. The Bertz CT molecular complexity index is 1270. The molecule has 3 aromatic carbocycles. The van der Waals surface area contributed by atoms with Crippen molar-refractivity contribution < 1.29 is 46.1 Å². The largest absolute Gasteiger partial charge is 1.00 e. The van der Waals surface area contributed by atoms with Gasteiger partial charge in [0.2, 0.25) is 0 Å². The van der Waals surface area contributed by atoms with Crippen molar-refractivity contribution in [3.63, 3.8) is 0 Å². The van der Waals surface area contributed by atoms with Crippen LogP contribution >= 0.6 is 0 Å². The van der Waals surface area contributed by atoms with Crippen LogP contribution in [-0.2, 0) is 27.7 Å². The predicted molar refractivity (Wildman–Crippen MR) is 138 cm³/mol. The Morgan fingerprint density at radius 3 is 2.24 bits per heavy atom. The zero-order chi connectivity index (χ0) is 22.2. The molecule has 0 fully saturated rings. The van der Waals surface area contributed by atoms with Crippen LogP contribution in [0.15, 0.2) is 76.1 Å². The Morgan fingerprint density at radius 1 is 0.824 bits per heavy atom. The van der Waals surface area contributed by atoms with Crippen molar-refractivity contribution in [1.82, 2.24) is 0 Å². The standard InChI is InChI=1S/C17H11.C9H18.C5H5.2ClH.Zr/c1-3-7-14-12(5-1)9-10-16-15-8-4-2-6-13(15)11-17(14)16;1-8(2)6-5-7-9(3)4;1-2-4-5-3-1;;;/h1-6,8-10H,11H2;8-9H,6-7H2,1-4H3;1-3H,4H2;2*1H;/q;;;;;+2/p-2. The molecule has 0 atom stereocenters. The average molecular weight is 569 g/mol. The average Bonchev–Trinajstić information content (AvgIpc) is 3.41. The van der Waals surface area contributed by atoms with Gasteiger partial charge in [-0.2, -0.15) is 0 Å². The molecular weight excluding hydrogens is 534 g/mol. The fraction of sp³-hybridized carbons (Fsp3) is 0.323. The first-order valence-corrected chi connectivity index (χ1v) is 15.9. The van der Waals surface area contributed by atoms with E-state index in [2.05, 4.69) is 101 Å². The molecule has 0 unspecified atom stereocenters. The first-order valence-electron chi connectivity index (χ1n) is 12.2. The third kappa shape index (κ3) is 5.28. The summed E-state index contributed by atoms with van der Waals surface area (Å²) in [5, 5.41) is 3.03. The van der Waals surface area contributed by atoms with Gasteiger partial charge >= 0.3 is 202 Å². The molecule has 0 aliphatic heterocycles. The summed E-state index contributed by atoms with van der Waals surface area (Å²) in [5.74, 6) is 1.44. The minimum absolute atomic E-state index is 0. The minimum Gasteiger partial charge on any atom is -1.00 e. The van der Waals surface area contributed by atoms with E-state index < -0.39 is 21.3 Å². The Hall–Kier alpha value is -1.27. The number of hydrogen-bond acceptors (Lipinski definition) is 0. The van der Waals surface area contributed by atoms with Crippen molar-refractivity contribution in [3.8, 4) is 11.1 Å². The number of halogens is 2. The van der Waals surface area contributed by atoms with Gasteiger partial charge in [0, 0.05) is 0 Å². The molecule has 0 N–H and O–H groups in total. The first kappa shape index (κ1) is 27.3. The molecule has 0 radical (unpaired) electrons. The van der Waals surface area contributed by atoms with Crippen LogP contribution in [0.5, 0.6) is 0 Å². The van der Waals surface area contributed by atoms with Gasteiger partial charge in [0.25, 0.3) is 0 Å². The molecule has 0 bridgehead atoms. The second-order valence-corrected chi connectivity index (χ2v) is 16.8. The van der Waals surface area contributed by atoms with Gasteiger partial charge in [-0.25, -0.2) is 0 Å². The Morgan fingerprint density at radius 2 is 1.56 bits per heavy atom. The van der Waals surface area contributed by atoms with Gasteiger partial charge in [-0.05, 0) is 0 Å². The summed E-state index contributed by atoms with van der Waals surface area (Å²) in [6.45, 7) is 9.61. The Kier molecular flexibility index (Phi) is 9.36. The third-order valence-corrected chi connectivity index (χ3v) is 14.4. The van der Waals surface area contributed by atoms with Crippen molar-refractivity contribution in [2.45, 2.75) is 53.4 Å². The molecule has 0 nitrogen and oxygen atoms in total. The smallest absolute Gasteiger partial charge is 1.00 e. The molecule has 2 aliphatic rings. The number of fused-ring (bicyclic) bond motifs is 5. The molecule has 0 amide bonds. The topological polar surface area (TPSA) is 0 Å². The van der Waals surface area contributed by atoms with E-state index in [4.69, 9.17) is 0 Å². The quantitative estimate of drug-likeness (QED) is 0.333. The zero-order valence-corrected chi connectivity index (χ0v) is 24.6. The van der Waals surface area contributed by atoms with Crippen molar-refractivity contribution in [2.24, 2.45) is 11.8 Å². The second kappa shape index (κ2) is 11.6. The van der Waals surface area contributed by atoms with Gasteiger partial charge < -0.3 is 24.8 Å². The molecule has 0 saturated heterocycles. The van der Waals surface area contributed by atoms with Crippen LogP contribution in [0.1, 0.15) is 58.1 Å². The SMILES string of the molecule is CC(C)C[C](CC(C)C)=[Zr+2]([C]1=CC=CC1)[c]1cccc2ccc3c(c12)Cc1ccccc1-3.[Cl-].[Cl-]. The number of rotatable bonds is 6. The maximum absolute atomic E-state index is 2.51. The minimum atomic E-state index is -2.21. The van der Waals surface area contributed by atoms with Gasteiger partial charge in [-0.15, -0.1) is 0 Å². The fourth-order valence-corrected chi connectivity index (χ4v) is 15.1. The summed E-state index contributed by atoms with van der Waals surface area (Å²) in [6.07, 6.45) is 12.0. The summed E-state index contributed by atoms with van der Waals surface area (Å²) < 4.78 is 5.40. The van der Waals surface area contributed by atoms with Gasteiger partial charge in [-0.3, -0.25) is 0 Å². The van der Waals surface area contributed by atoms with E-state index in [-0.39, 0.29) is 24.8 Å². The molecule has 0 heterocycles.